The highest BCUT2D eigenvalue weighted by Crippen LogP contribution is 2.39. The second-order valence-electron chi connectivity index (χ2n) is 6.87. The smallest absolute Gasteiger partial charge is 0.343 e. The van der Waals surface area contributed by atoms with Crippen LogP contribution in [0.4, 0.5) is 4.39 Å². The first-order valence-corrected chi connectivity index (χ1v) is 9.36. The molecule has 1 aliphatic carbocycles. The van der Waals surface area contributed by atoms with Gasteiger partial charge in [0.05, 0.1) is 23.9 Å². The van der Waals surface area contributed by atoms with Crippen LogP contribution >= 0.6 is 11.6 Å². The third-order valence-corrected chi connectivity index (χ3v) is 4.90. The van der Waals surface area contributed by atoms with E-state index < -0.39 is 23.0 Å². The van der Waals surface area contributed by atoms with Gasteiger partial charge in [-0.1, -0.05) is 11.6 Å². The van der Waals surface area contributed by atoms with Crippen molar-refractivity contribution in [1.82, 2.24) is 4.57 Å². The summed E-state index contributed by atoms with van der Waals surface area (Å²) in [6, 6.07) is 1.23. The summed E-state index contributed by atoms with van der Waals surface area (Å²) in [7, 11) is 0. The van der Waals surface area contributed by atoms with Crippen LogP contribution in [-0.2, 0) is 20.7 Å². The van der Waals surface area contributed by atoms with Gasteiger partial charge in [0, 0.05) is 29.2 Å². The normalized spacial score (nSPS) is 13.6. The summed E-state index contributed by atoms with van der Waals surface area (Å²) < 4.78 is 21.8. The van der Waals surface area contributed by atoms with Gasteiger partial charge >= 0.3 is 5.97 Å². The molecule has 0 saturated heterocycles. The number of nitrogens with zero attached hydrogens (tertiary/aromatic N) is 1. The molecule has 1 aliphatic rings. The van der Waals surface area contributed by atoms with E-state index >= 15 is 4.39 Å². The number of ketones is 2. The lowest BCUT2D eigenvalue weighted by Gasteiger charge is -2.16. The quantitative estimate of drug-likeness (QED) is 0.519. The van der Waals surface area contributed by atoms with Crippen LogP contribution in [0.1, 0.15) is 55.1 Å². The second-order valence-corrected chi connectivity index (χ2v) is 7.28. The fourth-order valence-corrected chi connectivity index (χ4v) is 3.43. The number of pyridine rings is 1. The van der Waals surface area contributed by atoms with E-state index in [0.29, 0.717) is 0 Å². The predicted octanol–water partition coefficient (Wildman–Crippen LogP) is 3.40. The van der Waals surface area contributed by atoms with E-state index in [1.165, 1.54) is 19.2 Å². The standard InChI is InChI=1S/C20H19ClFNO5/c1-3-28-20(27)15-9-23(11-4-5-11)18-14(19(15)26)8-16(21)13(17(18)22)7-12(25)6-10(2)24/h8-9,11H,3-7H2,1-2H3. The molecule has 8 heteroatoms. The molecule has 1 saturated carbocycles. The van der Waals surface area contributed by atoms with Crippen molar-refractivity contribution in [2.75, 3.05) is 6.61 Å². The van der Waals surface area contributed by atoms with Crippen molar-refractivity contribution in [3.8, 4) is 0 Å². The zero-order valence-electron chi connectivity index (χ0n) is 15.5. The van der Waals surface area contributed by atoms with E-state index in [9.17, 15) is 19.2 Å². The SMILES string of the molecule is CCOC(=O)c1cn(C2CC2)c2c(F)c(CC(=O)CC(C)=O)c(Cl)cc2c1=O. The molecular formula is C20H19ClFNO5. The molecule has 0 N–H and O–H groups in total. The highest BCUT2D eigenvalue weighted by Gasteiger charge is 2.30. The Morgan fingerprint density at radius 1 is 1.32 bits per heavy atom. The molecule has 0 radical (unpaired) electrons. The number of ether oxygens (including phenoxy) is 1. The summed E-state index contributed by atoms with van der Waals surface area (Å²) in [6.45, 7) is 3.00. The Bertz CT molecular complexity index is 1050. The second kappa shape index (κ2) is 7.83. The van der Waals surface area contributed by atoms with Crippen molar-refractivity contribution in [1.29, 1.82) is 0 Å². The van der Waals surface area contributed by atoms with Crippen molar-refractivity contribution in [2.45, 2.75) is 45.6 Å². The molecule has 3 rings (SSSR count). The van der Waals surface area contributed by atoms with Gasteiger partial charge in [0.2, 0.25) is 5.43 Å². The number of halogens is 2. The van der Waals surface area contributed by atoms with E-state index in [1.807, 2.05) is 0 Å². The Kier molecular flexibility index (Phi) is 5.65. The fourth-order valence-electron chi connectivity index (χ4n) is 3.18. The van der Waals surface area contributed by atoms with E-state index in [-0.39, 0.29) is 58.3 Å². The molecule has 0 spiro atoms. The number of benzene rings is 1. The van der Waals surface area contributed by atoms with Gasteiger partial charge in [0.25, 0.3) is 0 Å². The lowest BCUT2D eigenvalue weighted by atomic mass is 10.0. The van der Waals surface area contributed by atoms with Gasteiger partial charge in [0.15, 0.2) is 5.82 Å². The number of hydrogen-bond donors (Lipinski definition) is 0. The molecule has 0 unspecified atom stereocenters. The van der Waals surface area contributed by atoms with Crippen molar-refractivity contribution < 1.29 is 23.5 Å². The van der Waals surface area contributed by atoms with E-state index in [4.69, 9.17) is 16.3 Å². The molecule has 1 fully saturated rings. The van der Waals surface area contributed by atoms with Gasteiger partial charge in [-0.05, 0) is 32.8 Å². The number of hydrogen-bond acceptors (Lipinski definition) is 5. The van der Waals surface area contributed by atoms with E-state index in [2.05, 4.69) is 0 Å². The van der Waals surface area contributed by atoms with Gasteiger partial charge in [-0.3, -0.25) is 14.4 Å². The van der Waals surface area contributed by atoms with Gasteiger partial charge in [-0.2, -0.15) is 0 Å². The zero-order valence-corrected chi connectivity index (χ0v) is 16.3. The van der Waals surface area contributed by atoms with Crippen LogP contribution in [-0.4, -0.2) is 28.7 Å². The molecular weight excluding hydrogens is 389 g/mol. The average Bonchev–Trinajstić information content (AvgIpc) is 3.44. The molecule has 0 atom stereocenters. The number of aromatic nitrogens is 1. The first-order valence-electron chi connectivity index (χ1n) is 8.98. The van der Waals surface area contributed by atoms with Crippen molar-refractivity contribution >= 4 is 40.0 Å². The summed E-state index contributed by atoms with van der Waals surface area (Å²) in [6.07, 6.45) is 2.21. The molecule has 0 bridgehead atoms. The Labute approximate surface area is 165 Å². The minimum Gasteiger partial charge on any atom is -0.462 e. The average molecular weight is 408 g/mol. The molecule has 1 aromatic heterocycles. The Morgan fingerprint density at radius 3 is 2.57 bits per heavy atom. The maximum Gasteiger partial charge on any atom is 0.343 e. The monoisotopic (exact) mass is 407 g/mol. The molecule has 0 aliphatic heterocycles. The molecule has 0 amide bonds. The largest absolute Gasteiger partial charge is 0.462 e. The summed E-state index contributed by atoms with van der Waals surface area (Å²) in [5, 5.41) is -0.134. The third-order valence-electron chi connectivity index (χ3n) is 4.56. The number of rotatable bonds is 7. The summed E-state index contributed by atoms with van der Waals surface area (Å²) in [5.74, 6) is -2.34. The van der Waals surface area contributed by atoms with Crippen LogP contribution in [0.2, 0.25) is 5.02 Å². The summed E-state index contributed by atoms with van der Waals surface area (Å²) in [4.78, 5) is 48.1. The lowest BCUT2D eigenvalue weighted by Crippen LogP contribution is -2.22. The topological polar surface area (TPSA) is 82.4 Å². The maximum atomic E-state index is 15.3. The van der Waals surface area contributed by atoms with Crippen LogP contribution in [0.3, 0.4) is 0 Å². The molecule has 1 aromatic carbocycles. The number of Topliss-reactive ketones (excluding diaryl/α,β-unsaturated/α-hetero) is 2. The van der Waals surface area contributed by atoms with Gasteiger partial charge < -0.3 is 9.30 Å². The van der Waals surface area contributed by atoms with Crippen LogP contribution in [0.25, 0.3) is 10.9 Å². The van der Waals surface area contributed by atoms with Gasteiger partial charge in [-0.15, -0.1) is 0 Å². The van der Waals surface area contributed by atoms with Crippen LogP contribution in [0.5, 0.6) is 0 Å². The molecule has 1 heterocycles. The third kappa shape index (κ3) is 3.85. The molecule has 6 nitrogen and oxygen atoms in total. The highest BCUT2D eigenvalue weighted by molar-refractivity contribution is 6.32. The maximum absolute atomic E-state index is 15.3. The van der Waals surface area contributed by atoms with Crippen molar-refractivity contribution in [2.24, 2.45) is 0 Å². The van der Waals surface area contributed by atoms with Crippen molar-refractivity contribution in [3.63, 3.8) is 0 Å². The minimum absolute atomic E-state index is 0.00979. The molecule has 2 aromatic rings. The number of carbonyl (C=O) groups excluding carboxylic acids is 3. The van der Waals surface area contributed by atoms with Crippen LogP contribution < -0.4 is 5.43 Å². The number of carbonyl (C=O) groups is 3. The Morgan fingerprint density at radius 2 is 2.00 bits per heavy atom. The van der Waals surface area contributed by atoms with Crippen molar-refractivity contribution in [3.05, 3.63) is 44.5 Å². The van der Waals surface area contributed by atoms with Crippen LogP contribution in [0, 0.1) is 5.82 Å². The minimum atomic E-state index is -0.779. The Balaban J connectivity index is 2.21. The Hall–Kier alpha value is -2.54. The number of esters is 1. The lowest BCUT2D eigenvalue weighted by molar-refractivity contribution is -0.125. The zero-order chi connectivity index (χ0) is 20.6. The molecule has 28 heavy (non-hydrogen) atoms. The summed E-state index contributed by atoms with van der Waals surface area (Å²) >= 11 is 6.16. The first-order chi connectivity index (χ1) is 13.2. The van der Waals surface area contributed by atoms with Crippen LogP contribution in [0.15, 0.2) is 17.1 Å². The predicted molar refractivity (Wildman–Crippen MR) is 101 cm³/mol. The fraction of sp³-hybridized carbons (Fsp3) is 0.400. The van der Waals surface area contributed by atoms with Gasteiger partial charge in [0.1, 0.15) is 17.1 Å². The summed E-state index contributed by atoms with van der Waals surface area (Å²) in [5.41, 5.74) is -0.904. The number of fused-ring (bicyclic) bond motifs is 1. The van der Waals surface area contributed by atoms with E-state index in [0.717, 1.165) is 12.8 Å². The van der Waals surface area contributed by atoms with Gasteiger partial charge in [-0.25, -0.2) is 9.18 Å². The molecule has 148 valence electrons. The first kappa shape index (κ1) is 20.2. The van der Waals surface area contributed by atoms with E-state index in [1.54, 1.807) is 11.5 Å². The highest BCUT2D eigenvalue weighted by atomic mass is 35.5.